The third-order valence-electron chi connectivity index (χ3n) is 6.23. The largest absolute Gasteiger partial charge is 0.497 e. The number of aromatic nitrogens is 4. The second kappa shape index (κ2) is 8.05. The van der Waals surface area contributed by atoms with Gasteiger partial charge in [0.2, 0.25) is 0 Å². The highest BCUT2D eigenvalue weighted by Gasteiger charge is 2.36. The first kappa shape index (κ1) is 20.9. The van der Waals surface area contributed by atoms with Gasteiger partial charge in [-0.25, -0.2) is 9.67 Å². The number of aryl methyl sites for hydroxylation is 1. The van der Waals surface area contributed by atoms with Crippen molar-refractivity contribution in [2.45, 2.75) is 45.2 Å². The summed E-state index contributed by atoms with van der Waals surface area (Å²) in [5.74, 6) is 3.17. The Morgan fingerprint density at radius 3 is 2.65 bits per heavy atom. The normalized spacial score (nSPS) is 17.7. The Morgan fingerprint density at radius 2 is 2.00 bits per heavy atom. The molecule has 1 aliphatic carbocycles. The van der Waals surface area contributed by atoms with Gasteiger partial charge in [0.15, 0.2) is 5.82 Å². The minimum absolute atomic E-state index is 0.0473. The molecule has 1 N–H and O–H groups in total. The standard InChI is InChI=1S/C21H25N5O2.CH2O2/c1-12-18(16-11-15(28-4)7-8-17(16)24(12)3)21(27)25-9-10-26-20(13(25)2)22-19(23-26)14-5-6-14;2-1-3/h7-8,11,13-14H,5-6,9-10H2,1-4H3;1H,(H,2,3)/t13-;/m1./s1. The highest BCUT2D eigenvalue weighted by molar-refractivity contribution is 6.09. The zero-order valence-electron chi connectivity index (χ0n) is 18.2. The fourth-order valence-electron chi connectivity index (χ4n) is 4.27. The molecule has 1 aromatic carbocycles. The number of rotatable bonds is 3. The Kier molecular flexibility index (Phi) is 5.43. The van der Waals surface area contributed by atoms with Crippen molar-refractivity contribution in [2.24, 2.45) is 7.05 Å². The van der Waals surface area contributed by atoms with Crippen molar-refractivity contribution in [3.63, 3.8) is 0 Å². The molecule has 0 radical (unpaired) electrons. The van der Waals surface area contributed by atoms with Gasteiger partial charge >= 0.3 is 0 Å². The van der Waals surface area contributed by atoms with Gasteiger partial charge in [-0.1, -0.05) is 0 Å². The van der Waals surface area contributed by atoms with E-state index in [1.807, 2.05) is 41.8 Å². The van der Waals surface area contributed by atoms with E-state index in [2.05, 4.69) is 16.6 Å². The summed E-state index contributed by atoms with van der Waals surface area (Å²) in [6.07, 6.45) is 2.36. The lowest BCUT2D eigenvalue weighted by atomic mass is 10.1. The van der Waals surface area contributed by atoms with E-state index in [9.17, 15) is 4.79 Å². The zero-order valence-corrected chi connectivity index (χ0v) is 18.2. The molecule has 1 saturated carbocycles. The van der Waals surface area contributed by atoms with Crippen LogP contribution in [0.4, 0.5) is 0 Å². The van der Waals surface area contributed by atoms with Crippen molar-refractivity contribution in [1.29, 1.82) is 0 Å². The summed E-state index contributed by atoms with van der Waals surface area (Å²) in [6, 6.07) is 5.80. The molecule has 0 unspecified atom stereocenters. The molecule has 3 aromatic rings. The highest BCUT2D eigenvalue weighted by Crippen LogP contribution is 2.39. The molecule has 1 atom stereocenters. The Hall–Kier alpha value is -3.36. The summed E-state index contributed by atoms with van der Waals surface area (Å²) >= 11 is 0. The molecule has 31 heavy (non-hydrogen) atoms. The number of methoxy groups -OCH3 is 1. The average molecular weight is 425 g/mol. The molecule has 2 aliphatic rings. The minimum atomic E-state index is -0.250. The molecule has 164 valence electrons. The Morgan fingerprint density at radius 1 is 1.29 bits per heavy atom. The lowest BCUT2D eigenvalue weighted by molar-refractivity contribution is -0.122. The highest BCUT2D eigenvalue weighted by atomic mass is 16.5. The van der Waals surface area contributed by atoms with Crippen LogP contribution in [-0.2, 0) is 18.4 Å². The van der Waals surface area contributed by atoms with Gasteiger partial charge in [-0.2, -0.15) is 5.10 Å². The average Bonchev–Trinajstić information content (AvgIpc) is 3.47. The van der Waals surface area contributed by atoms with Crippen LogP contribution in [0.15, 0.2) is 18.2 Å². The molecule has 1 amide bonds. The Bertz CT molecular complexity index is 1140. The second-order valence-electron chi connectivity index (χ2n) is 8.01. The zero-order chi connectivity index (χ0) is 22.3. The molecule has 2 aromatic heterocycles. The number of nitrogens with zero attached hydrogens (tertiary/aromatic N) is 5. The number of benzene rings is 1. The predicted octanol–water partition coefficient (Wildman–Crippen LogP) is 2.88. The van der Waals surface area contributed by atoms with E-state index in [1.54, 1.807) is 7.11 Å². The number of hydrogen-bond donors (Lipinski definition) is 1. The molecule has 0 spiro atoms. The van der Waals surface area contributed by atoms with Crippen LogP contribution in [0.5, 0.6) is 5.75 Å². The smallest absolute Gasteiger partial charge is 0.290 e. The summed E-state index contributed by atoms with van der Waals surface area (Å²) in [5.41, 5.74) is 2.75. The number of ether oxygens (including phenoxy) is 1. The summed E-state index contributed by atoms with van der Waals surface area (Å²) in [4.78, 5) is 28.7. The maximum atomic E-state index is 13.6. The van der Waals surface area contributed by atoms with E-state index in [0.717, 1.165) is 39.6 Å². The van der Waals surface area contributed by atoms with Crippen LogP contribution in [0.25, 0.3) is 10.9 Å². The number of fused-ring (bicyclic) bond motifs is 2. The first-order valence-corrected chi connectivity index (χ1v) is 10.4. The molecule has 0 bridgehead atoms. The maximum absolute atomic E-state index is 13.6. The van der Waals surface area contributed by atoms with Crippen LogP contribution in [0.1, 0.15) is 59.4 Å². The van der Waals surface area contributed by atoms with Crippen LogP contribution < -0.4 is 4.74 Å². The first-order valence-electron chi connectivity index (χ1n) is 10.4. The topological polar surface area (TPSA) is 102 Å². The fraction of sp³-hybridized carbons (Fsp3) is 0.455. The van der Waals surface area contributed by atoms with Crippen LogP contribution >= 0.6 is 0 Å². The van der Waals surface area contributed by atoms with Crippen LogP contribution in [-0.4, -0.2) is 55.4 Å². The van der Waals surface area contributed by atoms with Gasteiger partial charge in [0.25, 0.3) is 12.4 Å². The second-order valence-corrected chi connectivity index (χ2v) is 8.01. The van der Waals surface area contributed by atoms with Crippen LogP contribution in [0.2, 0.25) is 0 Å². The monoisotopic (exact) mass is 425 g/mol. The van der Waals surface area contributed by atoms with Crippen molar-refractivity contribution in [1.82, 2.24) is 24.2 Å². The molecule has 0 saturated heterocycles. The van der Waals surface area contributed by atoms with Gasteiger partial charge in [-0.05, 0) is 44.9 Å². The number of hydrogen-bond acceptors (Lipinski definition) is 5. The number of carbonyl (C=O) groups excluding carboxylic acids is 1. The maximum Gasteiger partial charge on any atom is 0.290 e. The summed E-state index contributed by atoms with van der Waals surface area (Å²) in [5, 5.41) is 12.5. The van der Waals surface area contributed by atoms with Gasteiger partial charge in [0.1, 0.15) is 11.6 Å². The molecule has 1 fully saturated rings. The van der Waals surface area contributed by atoms with E-state index < -0.39 is 0 Å². The lowest BCUT2D eigenvalue weighted by Crippen LogP contribution is -2.41. The van der Waals surface area contributed by atoms with Crippen molar-refractivity contribution in [3.8, 4) is 5.75 Å². The number of carboxylic acid groups (broad SMARTS) is 1. The van der Waals surface area contributed by atoms with Crippen LogP contribution in [0.3, 0.4) is 0 Å². The van der Waals surface area contributed by atoms with E-state index >= 15 is 0 Å². The summed E-state index contributed by atoms with van der Waals surface area (Å²) < 4.78 is 9.46. The molecular formula is C22H27N5O4. The quantitative estimate of drug-likeness (QED) is 0.648. The summed E-state index contributed by atoms with van der Waals surface area (Å²) in [7, 11) is 3.65. The van der Waals surface area contributed by atoms with Gasteiger partial charge in [-0.15, -0.1) is 0 Å². The first-order chi connectivity index (χ1) is 14.9. The molecule has 1 aliphatic heterocycles. The minimum Gasteiger partial charge on any atom is -0.497 e. The lowest BCUT2D eigenvalue weighted by Gasteiger charge is -2.33. The third kappa shape index (κ3) is 3.54. The molecular weight excluding hydrogens is 398 g/mol. The SMILES string of the molecule is COc1ccc2c(c1)c(C(=O)N1CCn3nc(C4CC4)nc3[C@H]1C)c(C)n2C.O=CO. The van der Waals surface area contributed by atoms with Gasteiger partial charge in [0.05, 0.1) is 25.3 Å². The van der Waals surface area contributed by atoms with Crippen LogP contribution in [0, 0.1) is 6.92 Å². The van der Waals surface area contributed by atoms with Crippen molar-refractivity contribution in [3.05, 3.63) is 41.1 Å². The fourth-order valence-corrected chi connectivity index (χ4v) is 4.27. The van der Waals surface area contributed by atoms with Gasteiger partial charge in [0, 0.05) is 36.1 Å². The van der Waals surface area contributed by atoms with Crippen molar-refractivity contribution >= 4 is 23.3 Å². The number of carbonyl (C=O) groups is 2. The Labute approximate surface area is 180 Å². The number of amides is 1. The molecule has 3 heterocycles. The Balaban J connectivity index is 0.000000730. The van der Waals surface area contributed by atoms with Gasteiger partial charge in [-0.3, -0.25) is 9.59 Å². The van der Waals surface area contributed by atoms with Gasteiger partial charge < -0.3 is 19.3 Å². The van der Waals surface area contributed by atoms with E-state index in [-0.39, 0.29) is 18.4 Å². The molecule has 9 nitrogen and oxygen atoms in total. The van der Waals surface area contributed by atoms with Crippen molar-refractivity contribution < 1.29 is 19.4 Å². The van der Waals surface area contributed by atoms with E-state index in [4.69, 9.17) is 19.6 Å². The molecule has 5 rings (SSSR count). The summed E-state index contributed by atoms with van der Waals surface area (Å²) in [6.45, 7) is 5.13. The van der Waals surface area contributed by atoms with Crippen molar-refractivity contribution in [2.75, 3.05) is 13.7 Å². The van der Waals surface area contributed by atoms with E-state index in [1.165, 1.54) is 12.8 Å². The third-order valence-corrected chi connectivity index (χ3v) is 6.23. The van der Waals surface area contributed by atoms with E-state index in [0.29, 0.717) is 19.0 Å². The predicted molar refractivity (Wildman–Crippen MR) is 114 cm³/mol. The molecule has 9 heteroatoms.